The van der Waals surface area contributed by atoms with E-state index in [9.17, 15) is 0 Å². The van der Waals surface area contributed by atoms with Crippen LogP contribution in [0.4, 0.5) is 11.9 Å². The molecule has 4 rings (SSSR count). The van der Waals surface area contributed by atoms with Gasteiger partial charge in [-0.1, -0.05) is 0 Å². The zero-order valence-corrected chi connectivity index (χ0v) is 17.6. The lowest BCUT2D eigenvalue weighted by atomic mass is 10.4. The maximum Gasteiger partial charge on any atom is 0.289 e. The van der Waals surface area contributed by atoms with Gasteiger partial charge in [0, 0.05) is 24.5 Å². The summed E-state index contributed by atoms with van der Waals surface area (Å²) < 4.78 is 3.20. The molecule has 0 amide bonds. The summed E-state index contributed by atoms with van der Waals surface area (Å²) in [7, 11) is 0. The van der Waals surface area contributed by atoms with Gasteiger partial charge in [0.2, 0.25) is 0 Å². The number of nitrogens with zero attached hydrogens (tertiary/aromatic N) is 12. The molecule has 0 saturated carbocycles. The molecule has 0 aliphatic rings. The fourth-order valence-corrected chi connectivity index (χ4v) is 2.91. The van der Waals surface area contributed by atoms with E-state index in [1.165, 1.54) is 0 Å². The lowest BCUT2D eigenvalue weighted by Crippen LogP contribution is -2.16. The Morgan fingerprint density at radius 3 is 1.32 bits per heavy atom. The Morgan fingerprint density at radius 1 is 0.613 bits per heavy atom. The Bertz CT molecular complexity index is 1050. The summed E-state index contributed by atoms with van der Waals surface area (Å²) in [6.07, 6.45) is 0.755. The summed E-state index contributed by atoms with van der Waals surface area (Å²) in [6, 6.07) is 3.87. The summed E-state index contributed by atoms with van der Waals surface area (Å²) in [4.78, 5) is 0. The third-order valence-corrected chi connectivity index (χ3v) is 4.25. The normalized spacial score (nSPS) is 11.0. The fraction of sp³-hybridized carbons (Fsp3) is 0.412. The third-order valence-electron chi connectivity index (χ3n) is 4.25. The van der Waals surface area contributed by atoms with Crippen molar-refractivity contribution in [3.05, 3.63) is 34.9 Å². The highest BCUT2D eigenvalue weighted by molar-refractivity contribution is 5.24. The average molecular weight is 422 g/mol. The molecule has 0 aromatic carbocycles. The highest BCUT2D eigenvalue weighted by Gasteiger charge is 2.09. The van der Waals surface area contributed by atoms with Crippen LogP contribution in [0, 0.1) is 27.7 Å². The van der Waals surface area contributed by atoms with Gasteiger partial charge in [-0.05, 0) is 46.2 Å². The van der Waals surface area contributed by atoms with E-state index < -0.39 is 0 Å². The zero-order chi connectivity index (χ0) is 21.8. The molecular weight excluding hydrogens is 400 g/mol. The molecule has 4 heterocycles. The van der Waals surface area contributed by atoms with Gasteiger partial charge in [0.25, 0.3) is 23.8 Å². The minimum Gasteiger partial charge on any atom is -0.352 e. The predicted molar refractivity (Wildman–Crippen MR) is 110 cm³/mol. The van der Waals surface area contributed by atoms with Gasteiger partial charge >= 0.3 is 0 Å². The number of rotatable bonds is 8. The highest BCUT2D eigenvalue weighted by Crippen LogP contribution is 2.07. The number of aryl methyl sites for hydroxylation is 4. The van der Waals surface area contributed by atoms with Crippen LogP contribution in [0.15, 0.2) is 12.1 Å². The van der Waals surface area contributed by atoms with Crippen molar-refractivity contribution in [1.29, 1.82) is 0 Å². The quantitative estimate of drug-likeness (QED) is 0.375. The van der Waals surface area contributed by atoms with Gasteiger partial charge in [-0.25, -0.2) is 9.36 Å². The van der Waals surface area contributed by atoms with Crippen LogP contribution in [0.3, 0.4) is 0 Å². The monoisotopic (exact) mass is 422 g/mol. The fourth-order valence-electron chi connectivity index (χ4n) is 2.91. The van der Waals surface area contributed by atoms with E-state index in [1.54, 1.807) is 9.36 Å². The highest BCUT2D eigenvalue weighted by atomic mass is 15.5. The van der Waals surface area contributed by atoms with Crippen LogP contribution in [0.1, 0.15) is 29.2 Å². The van der Waals surface area contributed by atoms with Crippen LogP contribution in [0.2, 0.25) is 0 Å². The van der Waals surface area contributed by atoms with Gasteiger partial charge in [0.1, 0.15) is 0 Å². The summed E-state index contributed by atoms with van der Waals surface area (Å²) in [5, 5.41) is 47.2. The maximum absolute atomic E-state index is 4.31. The second kappa shape index (κ2) is 8.73. The van der Waals surface area contributed by atoms with E-state index >= 15 is 0 Å². The van der Waals surface area contributed by atoms with E-state index in [4.69, 9.17) is 0 Å². The molecular formula is C17H22N14. The first-order chi connectivity index (χ1) is 15.0. The van der Waals surface area contributed by atoms with Crippen molar-refractivity contribution < 1.29 is 0 Å². The Balaban J connectivity index is 1.22. The van der Waals surface area contributed by atoms with Crippen LogP contribution in [0.25, 0.3) is 11.9 Å². The number of anilines is 2. The van der Waals surface area contributed by atoms with Crippen LogP contribution in [-0.2, 0) is 0 Å². The SMILES string of the molecule is Cc1cc(C)n(-c2nnc(NCCCNc3nnc(-n4nc(C)cc4C)nn3)nn2)n1. The van der Waals surface area contributed by atoms with E-state index in [0.29, 0.717) is 36.9 Å². The second-order valence-electron chi connectivity index (χ2n) is 6.93. The number of hydrogen-bond donors (Lipinski definition) is 2. The summed E-state index contributed by atoms with van der Waals surface area (Å²) in [6.45, 7) is 8.87. The first-order valence-corrected chi connectivity index (χ1v) is 9.69. The third kappa shape index (κ3) is 4.73. The van der Waals surface area contributed by atoms with Crippen LogP contribution >= 0.6 is 0 Å². The van der Waals surface area contributed by atoms with Crippen molar-refractivity contribution in [2.24, 2.45) is 0 Å². The molecule has 0 unspecified atom stereocenters. The summed E-state index contributed by atoms with van der Waals surface area (Å²) >= 11 is 0. The topological polar surface area (TPSA) is 163 Å². The summed E-state index contributed by atoms with van der Waals surface area (Å²) in [5.41, 5.74) is 3.60. The van der Waals surface area contributed by atoms with Gasteiger partial charge in [0.05, 0.1) is 11.4 Å². The van der Waals surface area contributed by atoms with Crippen molar-refractivity contribution in [1.82, 2.24) is 60.4 Å². The average Bonchev–Trinajstić information content (AvgIpc) is 3.28. The van der Waals surface area contributed by atoms with Crippen molar-refractivity contribution in [2.75, 3.05) is 23.7 Å². The molecule has 0 fully saturated rings. The van der Waals surface area contributed by atoms with Crippen molar-refractivity contribution >= 4 is 11.9 Å². The van der Waals surface area contributed by atoms with Gasteiger partial charge in [-0.3, -0.25) is 0 Å². The predicted octanol–water partition coefficient (Wildman–Crippen LogP) is 0.366. The molecule has 14 nitrogen and oxygen atoms in total. The molecule has 0 spiro atoms. The molecule has 0 atom stereocenters. The van der Waals surface area contributed by atoms with Crippen molar-refractivity contribution in [2.45, 2.75) is 34.1 Å². The Morgan fingerprint density at radius 2 is 1.00 bits per heavy atom. The van der Waals surface area contributed by atoms with Gasteiger partial charge in [-0.15, -0.1) is 40.8 Å². The number of hydrogen-bond acceptors (Lipinski definition) is 12. The Hall–Kier alpha value is -4.10. The Kier molecular flexibility index (Phi) is 5.68. The maximum atomic E-state index is 4.31. The summed E-state index contributed by atoms with van der Waals surface area (Å²) in [5.74, 6) is 1.36. The Labute approximate surface area is 177 Å². The molecule has 4 aromatic heterocycles. The molecule has 0 aliphatic carbocycles. The molecule has 0 radical (unpaired) electrons. The first kappa shape index (κ1) is 20.2. The largest absolute Gasteiger partial charge is 0.352 e. The second-order valence-corrected chi connectivity index (χ2v) is 6.93. The van der Waals surface area contributed by atoms with Gasteiger partial charge < -0.3 is 10.6 Å². The minimum absolute atomic E-state index is 0.332. The standard InChI is InChI=1S/C17H22N14/c1-10-8-12(3)30(28-10)16-24-20-14(21-25-16)18-6-5-7-19-15-22-26-17(27-23-15)31-13(4)9-11(2)29-31/h8-9H,5-7H2,1-4H3,(H,18,20,21)(H,19,22,23). The lowest BCUT2D eigenvalue weighted by Gasteiger charge is -2.06. The minimum atomic E-state index is 0.332. The van der Waals surface area contributed by atoms with E-state index in [-0.39, 0.29) is 0 Å². The van der Waals surface area contributed by atoms with Crippen molar-refractivity contribution in [3.8, 4) is 11.9 Å². The van der Waals surface area contributed by atoms with Gasteiger partial charge in [-0.2, -0.15) is 10.2 Å². The lowest BCUT2D eigenvalue weighted by molar-refractivity contribution is 0.705. The number of nitrogens with one attached hydrogen (secondary N) is 2. The van der Waals surface area contributed by atoms with Crippen molar-refractivity contribution in [3.63, 3.8) is 0 Å². The molecule has 2 N–H and O–H groups in total. The van der Waals surface area contributed by atoms with Gasteiger partial charge in [0.15, 0.2) is 0 Å². The number of aromatic nitrogens is 12. The molecule has 0 saturated heterocycles. The molecule has 0 aliphatic heterocycles. The van der Waals surface area contributed by atoms with Crippen LogP contribution in [-0.4, -0.2) is 73.4 Å². The zero-order valence-electron chi connectivity index (χ0n) is 17.6. The smallest absolute Gasteiger partial charge is 0.289 e. The molecule has 31 heavy (non-hydrogen) atoms. The van der Waals surface area contributed by atoms with E-state index in [0.717, 1.165) is 29.2 Å². The van der Waals surface area contributed by atoms with E-state index in [2.05, 4.69) is 61.6 Å². The van der Waals surface area contributed by atoms with E-state index in [1.807, 2.05) is 39.8 Å². The van der Waals surface area contributed by atoms with Crippen LogP contribution in [0.5, 0.6) is 0 Å². The van der Waals surface area contributed by atoms with Crippen LogP contribution < -0.4 is 10.6 Å². The molecule has 160 valence electrons. The molecule has 14 heteroatoms. The first-order valence-electron chi connectivity index (χ1n) is 9.69. The molecule has 0 bridgehead atoms. The molecule has 4 aromatic rings.